The van der Waals surface area contributed by atoms with E-state index in [1.807, 2.05) is 0 Å². The highest BCUT2D eigenvalue weighted by molar-refractivity contribution is 8.13. The van der Waals surface area contributed by atoms with Crippen LogP contribution in [0.2, 0.25) is 0 Å². The van der Waals surface area contributed by atoms with Crippen LogP contribution in [0.1, 0.15) is 11.1 Å². The summed E-state index contributed by atoms with van der Waals surface area (Å²) in [6, 6.07) is 7.24. The Morgan fingerprint density at radius 3 is 2.48 bits per heavy atom. The molecule has 0 aromatic heterocycles. The van der Waals surface area contributed by atoms with Crippen molar-refractivity contribution < 1.29 is 21.9 Å². The quantitative estimate of drug-likeness (QED) is 0.800. The van der Waals surface area contributed by atoms with Crippen LogP contribution in [0.3, 0.4) is 0 Å². The van der Waals surface area contributed by atoms with Crippen molar-refractivity contribution in [1.82, 2.24) is 0 Å². The van der Waals surface area contributed by atoms with Crippen LogP contribution in [-0.2, 0) is 15.7 Å². The third-order valence-electron chi connectivity index (χ3n) is 2.81. The molecule has 0 aliphatic carbocycles. The number of hydrogen-bond donors (Lipinski definition) is 0. The SMILES string of the molecule is Cc1cc(OCc2cc(F)ccc2F)ccc1S(=O)(=O)Cl. The lowest BCUT2D eigenvalue weighted by molar-refractivity contribution is 0.298. The fourth-order valence-corrected chi connectivity index (χ4v) is 2.99. The van der Waals surface area contributed by atoms with Crippen molar-refractivity contribution in [2.24, 2.45) is 0 Å². The minimum absolute atomic E-state index is 0.0200. The lowest BCUT2D eigenvalue weighted by atomic mass is 10.2. The van der Waals surface area contributed by atoms with Crippen LogP contribution in [0.4, 0.5) is 8.78 Å². The van der Waals surface area contributed by atoms with Crippen molar-refractivity contribution in [2.75, 3.05) is 0 Å². The third kappa shape index (κ3) is 3.92. The normalized spacial score (nSPS) is 11.4. The minimum Gasteiger partial charge on any atom is -0.489 e. The molecule has 2 rings (SSSR count). The first-order valence-electron chi connectivity index (χ1n) is 5.89. The molecule has 2 aromatic carbocycles. The molecule has 7 heteroatoms. The zero-order valence-corrected chi connectivity index (χ0v) is 12.5. The van der Waals surface area contributed by atoms with E-state index in [4.69, 9.17) is 15.4 Å². The van der Waals surface area contributed by atoms with E-state index in [0.717, 1.165) is 18.2 Å². The monoisotopic (exact) mass is 332 g/mol. The van der Waals surface area contributed by atoms with E-state index in [0.29, 0.717) is 11.3 Å². The van der Waals surface area contributed by atoms with Crippen LogP contribution in [0.5, 0.6) is 5.75 Å². The molecular formula is C14H11ClF2O3S. The molecule has 0 atom stereocenters. The Balaban J connectivity index is 2.18. The molecule has 0 aliphatic rings. The second-order valence-electron chi connectivity index (χ2n) is 4.39. The van der Waals surface area contributed by atoms with E-state index in [-0.39, 0.29) is 17.1 Å². The predicted octanol–water partition coefficient (Wildman–Crippen LogP) is 3.78. The molecule has 0 spiro atoms. The molecule has 0 bridgehead atoms. The van der Waals surface area contributed by atoms with Crippen LogP contribution in [0.15, 0.2) is 41.3 Å². The molecule has 0 heterocycles. The molecule has 112 valence electrons. The highest BCUT2D eigenvalue weighted by Crippen LogP contribution is 2.24. The van der Waals surface area contributed by atoms with E-state index in [2.05, 4.69) is 0 Å². The highest BCUT2D eigenvalue weighted by Gasteiger charge is 2.14. The van der Waals surface area contributed by atoms with E-state index in [1.54, 1.807) is 6.92 Å². The van der Waals surface area contributed by atoms with Gasteiger partial charge in [-0.3, -0.25) is 0 Å². The van der Waals surface area contributed by atoms with Crippen LogP contribution >= 0.6 is 10.7 Å². The Kier molecular flexibility index (Phi) is 4.49. The largest absolute Gasteiger partial charge is 0.489 e. The minimum atomic E-state index is -3.82. The second-order valence-corrected chi connectivity index (χ2v) is 6.92. The maximum Gasteiger partial charge on any atom is 0.261 e. The Morgan fingerprint density at radius 1 is 1.14 bits per heavy atom. The maximum atomic E-state index is 13.4. The number of hydrogen-bond acceptors (Lipinski definition) is 3. The molecule has 21 heavy (non-hydrogen) atoms. The molecule has 0 saturated heterocycles. The van der Waals surface area contributed by atoms with Crippen LogP contribution in [0.25, 0.3) is 0 Å². The molecule has 0 unspecified atom stereocenters. The third-order valence-corrected chi connectivity index (χ3v) is 4.29. The fourth-order valence-electron chi connectivity index (χ4n) is 1.80. The van der Waals surface area contributed by atoms with Gasteiger partial charge in [0.05, 0.1) is 4.90 Å². The van der Waals surface area contributed by atoms with Gasteiger partial charge in [0, 0.05) is 16.2 Å². The Hall–Kier alpha value is -1.66. The second kappa shape index (κ2) is 5.99. The van der Waals surface area contributed by atoms with Crippen LogP contribution in [0, 0.1) is 18.6 Å². The summed E-state index contributed by atoms with van der Waals surface area (Å²) in [6.45, 7) is 1.39. The van der Waals surface area contributed by atoms with Gasteiger partial charge in [0.1, 0.15) is 24.0 Å². The van der Waals surface area contributed by atoms with E-state index in [9.17, 15) is 17.2 Å². The summed E-state index contributed by atoms with van der Waals surface area (Å²) in [5.41, 5.74) is 0.476. The molecule has 0 saturated carbocycles. The highest BCUT2D eigenvalue weighted by atomic mass is 35.7. The molecule has 2 aromatic rings. The van der Waals surface area contributed by atoms with Crippen molar-refractivity contribution >= 4 is 19.7 Å². The lowest BCUT2D eigenvalue weighted by Crippen LogP contribution is -2.01. The Labute approximate surface area is 125 Å². The standard InChI is InChI=1S/C14H11ClF2O3S/c1-9-6-12(3-5-14(9)21(15,18)19)20-8-10-7-11(16)2-4-13(10)17/h2-7H,8H2,1H3. The molecule has 3 nitrogen and oxygen atoms in total. The van der Waals surface area contributed by atoms with Gasteiger partial charge < -0.3 is 4.74 Å². The van der Waals surface area contributed by atoms with Gasteiger partial charge in [0.15, 0.2) is 0 Å². The van der Waals surface area contributed by atoms with Gasteiger partial charge in [-0.15, -0.1) is 0 Å². The van der Waals surface area contributed by atoms with Crippen molar-refractivity contribution in [3.63, 3.8) is 0 Å². The average Bonchev–Trinajstić information content (AvgIpc) is 2.38. The number of benzene rings is 2. The summed E-state index contributed by atoms with van der Waals surface area (Å²) in [6.07, 6.45) is 0. The van der Waals surface area contributed by atoms with Crippen LogP contribution in [-0.4, -0.2) is 8.42 Å². The first-order chi connectivity index (χ1) is 9.77. The smallest absolute Gasteiger partial charge is 0.261 e. The van der Waals surface area contributed by atoms with Gasteiger partial charge >= 0.3 is 0 Å². The van der Waals surface area contributed by atoms with E-state index < -0.39 is 20.7 Å². The summed E-state index contributed by atoms with van der Waals surface area (Å²) in [7, 11) is 1.44. The maximum absolute atomic E-state index is 13.4. The summed E-state index contributed by atoms with van der Waals surface area (Å²) in [5.74, 6) is -0.803. The number of aryl methyl sites for hydroxylation is 1. The van der Waals surface area contributed by atoms with Gasteiger partial charge in [0.25, 0.3) is 9.05 Å². The van der Waals surface area contributed by atoms with Gasteiger partial charge in [-0.25, -0.2) is 17.2 Å². The van der Waals surface area contributed by atoms with E-state index in [1.165, 1.54) is 18.2 Å². The van der Waals surface area contributed by atoms with Crippen molar-refractivity contribution in [3.8, 4) is 5.75 Å². The topological polar surface area (TPSA) is 43.4 Å². The zero-order chi connectivity index (χ0) is 15.6. The molecule has 0 radical (unpaired) electrons. The van der Waals surface area contributed by atoms with Crippen molar-refractivity contribution in [3.05, 3.63) is 59.2 Å². The van der Waals surface area contributed by atoms with E-state index >= 15 is 0 Å². The van der Waals surface area contributed by atoms with Crippen molar-refractivity contribution in [1.29, 1.82) is 0 Å². The summed E-state index contributed by atoms with van der Waals surface area (Å²) in [5, 5.41) is 0. The first kappa shape index (κ1) is 15.7. The molecule has 0 amide bonds. The molecule has 0 fully saturated rings. The molecule has 0 N–H and O–H groups in total. The van der Waals surface area contributed by atoms with Gasteiger partial charge in [0.2, 0.25) is 0 Å². The number of ether oxygens (including phenoxy) is 1. The van der Waals surface area contributed by atoms with Gasteiger partial charge in [-0.1, -0.05) is 0 Å². The van der Waals surface area contributed by atoms with Crippen molar-refractivity contribution in [2.45, 2.75) is 18.4 Å². The van der Waals surface area contributed by atoms with Gasteiger partial charge in [-0.05, 0) is 48.9 Å². The Bertz CT molecular complexity index is 776. The fraction of sp³-hybridized carbons (Fsp3) is 0.143. The molecular weight excluding hydrogens is 322 g/mol. The Morgan fingerprint density at radius 2 is 1.86 bits per heavy atom. The summed E-state index contributed by atoms with van der Waals surface area (Å²) >= 11 is 0. The number of rotatable bonds is 4. The number of halogens is 3. The lowest BCUT2D eigenvalue weighted by Gasteiger charge is -2.09. The molecule has 0 aliphatic heterocycles. The predicted molar refractivity (Wildman–Crippen MR) is 74.9 cm³/mol. The summed E-state index contributed by atoms with van der Waals surface area (Å²) in [4.78, 5) is -0.0200. The summed E-state index contributed by atoms with van der Waals surface area (Å²) < 4.78 is 54.3. The average molecular weight is 333 g/mol. The van der Waals surface area contributed by atoms with Gasteiger partial charge in [-0.2, -0.15) is 0 Å². The first-order valence-corrected chi connectivity index (χ1v) is 8.20. The van der Waals surface area contributed by atoms with Crippen LogP contribution < -0.4 is 4.74 Å². The zero-order valence-electron chi connectivity index (χ0n) is 10.9.